The zero-order valence-corrected chi connectivity index (χ0v) is 15.3. The van der Waals surface area contributed by atoms with Crippen molar-refractivity contribution in [2.24, 2.45) is 11.8 Å². The van der Waals surface area contributed by atoms with E-state index in [-0.39, 0.29) is 11.8 Å². The molecule has 3 atom stereocenters. The Bertz CT molecular complexity index is 622. The van der Waals surface area contributed by atoms with Crippen LogP contribution in [0.3, 0.4) is 0 Å². The normalized spacial score (nSPS) is 33.4. The minimum Gasteiger partial charge on any atom is -0.390 e. The first-order valence-corrected chi connectivity index (χ1v) is 10.2. The van der Waals surface area contributed by atoms with E-state index in [9.17, 15) is 9.90 Å². The van der Waals surface area contributed by atoms with Crippen LogP contribution in [0, 0.1) is 11.8 Å². The van der Waals surface area contributed by atoms with Crippen LogP contribution in [0.2, 0.25) is 0 Å². The molecule has 0 spiro atoms. The molecule has 4 rings (SSSR count). The van der Waals surface area contributed by atoms with E-state index in [4.69, 9.17) is 0 Å². The molecule has 2 N–H and O–H groups in total. The molecule has 3 aliphatic rings. The Morgan fingerprint density at radius 2 is 2.08 bits per heavy atom. The molecule has 2 heterocycles. The number of hydrogen-bond acceptors (Lipinski definition) is 3. The van der Waals surface area contributed by atoms with Crippen molar-refractivity contribution < 1.29 is 9.90 Å². The number of aromatic amines is 1. The largest absolute Gasteiger partial charge is 0.390 e. The van der Waals surface area contributed by atoms with Gasteiger partial charge in [0.1, 0.15) is 0 Å². The van der Waals surface area contributed by atoms with Crippen molar-refractivity contribution in [2.75, 3.05) is 13.1 Å². The van der Waals surface area contributed by atoms with Crippen molar-refractivity contribution in [2.45, 2.75) is 76.2 Å². The fourth-order valence-corrected chi connectivity index (χ4v) is 5.57. The number of fused-ring (bicyclic) bond motifs is 1. The lowest BCUT2D eigenvalue weighted by Gasteiger charge is -2.40. The highest BCUT2D eigenvalue weighted by Gasteiger charge is 2.49. The van der Waals surface area contributed by atoms with Gasteiger partial charge in [0.2, 0.25) is 0 Å². The van der Waals surface area contributed by atoms with Gasteiger partial charge in [0, 0.05) is 24.9 Å². The molecule has 1 aromatic heterocycles. The molecule has 1 saturated heterocycles. The summed E-state index contributed by atoms with van der Waals surface area (Å²) in [6.45, 7) is 3.56. The van der Waals surface area contributed by atoms with Gasteiger partial charge in [-0.05, 0) is 38.0 Å². The molecule has 0 unspecified atom stereocenters. The maximum absolute atomic E-state index is 13.2. The van der Waals surface area contributed by atoms with Crippen molar-refractivity contribution in [1.82, 2.24) is 15.1 Å². The van der Waals surface area contributed by atoms with E-state index >= 15 is 0 Å². The topological polar surface area (TPSA) is 69.2 Å². The Kier molecular flexibility index (Phi) is 4.61. The first-order chi connectivity index (χ1) is 12.1. The molecule has 2 saturated carbocycles. The van der Waals surface area contributed by atoms with Crippen LogP contribution < -0.4 is 0 Å². The summed E-state index contributed by atoms with van der Waals surface area (Å²) in [7, 11) is 0. The van der Waals surface area contributed by atoms with Gasteiger partial charge < -0.3 is 10.0 Å². The number of carbonyl (C=O) groups excluding carboxylic acids is 1. The number of amides is 1. The van der Waals surface area contributed by atoms with Gasteiger partial charge >= 0.3 is 0 Å². The van der Waals surface area contributed by atoms with E-state index in [1.165, 1.54) is 19.3 Å². The second-order valence-corrected chi connectivity index (χ2v) is 8.46. The molecule has 0 radical (unpaired) electrons. The summed E-state index contributed by atoms with van der Waals surface area (Å²) in [6, 6.07) is 0. The highest BCUT2D eigenvalue weighted by Crippen LogP contribution is 2.45. The second-order valence-electron chi connectivity index (χ2n) is 8.46. The quantitative estimate of drug-likeness (QED) is 0.881. The van der Waals surface area contributed by atoms with Crippen LogP contribution in [0.4, 0.5) is 0 Å². The molecule has 2 aliphatic carbocycles. The smallest absolute Gasteiger partial charge is 0.257 e. The lowest BCUT2D eigenvalue weighted by atomic mass is 9.69. The maximum atomic E-state index is 13.2. The number of aromatic nitrogens is 2. The average molecular weight is 345 g/mol. The summed E-state index contributed by atoms with van der Waals surface area (Å²) in [4.78, 5) is 15.2. The number of likely N-dealkylation sites (tertiary alicyclic amines) is 1. The highest BCUT2D eigenvalue weighted by atomic mass is 16.3. The number of rotatable bonds is 3. The molecule has 1 aromatic rings. The van der Waals surface area contributed by atoms with E-state index in [1.807, 2.05) is 4.90 Å². The first kappa shape index (κ1) is 17.1. The Labute approximate surface area is 150 Å². The number of aliphatic hydroxyl groups is 1. The third-order valence-electron chi connectivity index (χ3n) is 7.13. The summed E-state index contributed by atoms with van der Waals surface area (Å²) in [6.07, 6.45) is 11.7. The van der Waals surface area contributed by atoms with Crippen LogP contribution in [0.15, 0.2) is 6.20 Å². The molecule has 25 heavy (non-hydrogen) atoms. The molecule has 1 amide bonds. The van der Waals surface area contributed by atoms with Gasteiger partial charge in [0.05, 0.1) is 23.1 Å². The Hall–Kier alpha value is -1.36. The summed E-state index contributed by atoms with van der Waals surface area (Å²) in [5.74, 6) is 1.25. The predicted octanol–water partition coefficient (Wildman–Crippen LogP) is 3.47. The molecule has 138 valence electrons. The molecule has 3 fully saturated rings. The molecule has 1 aliphatic heterocycles. The number of hydrogen-bond donors (Lipinski definition) is 2. The fourth-order valence-electron chi connectivity index (χ4n) is 5.57. The minimum absolute atomic E-state index is 0.113. The summed E-state index contributed by atoms with van der Waals surface area (Å²) < 4.78 is 0. The average Bonchev–Trinajstić information content (AvgIpc) is 3.30. The molecular weight excluding hydrogens is 314 g/mol. The van der Waals surface area contributed by atoms with Crippen molar-refractivity contribution in [3.8, 4) is 0 Å². The Balaban J connectivity index is 1.52. The number of nitrogens with one attached hydrogen (secondary N) is 1. The van der Waals surface area contributed by atoms with E-state index in [0.717, 1.165) is 56.3 Å². The summed E-state index contributed by atoms with van der Waals surface area (Å²) in [5, 5.41) is 18.3. The number of carbonyl (C=O) groups is 1. The third-order valence-corrected chi connectivity index (χ3v) is 7.13. The molecule has 0 aromatic carbocycles. The lowest BCUT2D eigenvalue weighted by molar-refractivity contribution is -0.0609. The van der Waals surface area contributed by atoms with E-state index in [2.05, 4.69) is 17.1 Å². The SMILES string of the molecule is CC[C@]1(O)CCC[C@H]2CN(C(=O)c3cn[nH]c3C3CCCCC3)C[C@H]21. The standard InChI is InChI=1S/C20H31N3O2/c1-2-20(25)10-6-9-15-12-23(13-17(15)20)19(24)16-11-21-22-18(16)14-7-4-3-5-8-14/h11,14-15,17,25H,2-10,12-13H2,1H3,(H,21,22)/t15-,17+,20-/m0/s1. The van der Waals surface area contributed by atoms with E-state index in [0.29, 0.717) is 18.4 Å². The lowest BCUT2D eigenvalue weighted by Crippen LogP contribution is -2.44. The van der Waals surface area contributed by atoms with Gasteiger partial charge in [0.15, 0.2) is 0 Å². The Morgan fingerprint density at radius 3 is 2.84 bits per heavy atom. The molecule has 5 nitrogen and oxygen atoms in total. The van der Waals surface area contributed by atoms with Crippen LogP contribution in [0.25, 0.3) is 0 Å². The first-order valence-electron chi connectivity index (χ1n) is 10.2. The van der Waals surface area contributed by atoms with Crippen LogP contribution in [0.5, 0.6) is 0 Å². The minimum atomic E-state index is -0.583. The third kappa shape index (κ3) is 3.01. The summed E-state index contributed by atoms with van der Waals surface area (Å²) >= 11 is 0. The fraction of sp³-hybridized carbons (Fsp3) is 0.800. The van der Waals surface area contributed by atoms with Crippen molar-refractivity contribution in [3.63, 3.8) is 0 Å². The van der Waals surface area contributed by atoms with E-state index < -0.39 is 5.60 Å². The van der Waals surface area contributed by atoms with Crippen molar-refractivity contribution in [3.05, 3.63) is 17.5 Å². The van der Waals surface area contributed by atoms with Gasteiger partial charge in [0.25, 0.3) is 5.91 Å². The maximum Gasteiger partial charge on any atom is 0.257 e. The summed E-state index contributed by atoms with van der Waals surface area (Å²) in [5.41, 5.74) is 1.23. The van der Waals surface area contributed by atoms with Gasteiger partial charge in [-0.25, -0.2) is 0 Å². The monoisotopic (exact) mass is 345 g/mol. The molecule has 0 bridgehead atoms. The predicted molar refractivity (Wildman–Crippen MR) is 96.4 cm³/mol. The zero-order chi connectivity index (χ0) is 17.4. The zero-order valence-electron chi connectivity index (χ0n) is 15.3. The van der Waals surface area contributed by atoms with Gasteiger partial charge in [-0.1, -0.05) is 32.6 Å². The van der Waals surface area contributed by atoms with Crippen LogP contribution >= 0.6 is 0 Å². The second kappa shape index (κ2) is 6.75. The van der Waals surface area contributed by atoms with E-state index in [1.54, 1.807) is 6.20 Å². The number of nitrogens with zero attached hydrogens (tertiary/aromatic N) is 2. The number of H-pyrrole nitrogens is 1. The van der Waals surface area contributed by atoms with Crippen molar-refractivity contribution >= 4 is 5.91 Å². The van der Waals surface area contributed by atoms with Gasteiger partial charge in [-0.2, -0.15) is 5.10 Å². The highest BCUT2D eigenvalue weighted by molar-refractivity contribution is 5.95. The molecule has 5 heteroatoms. The van der Waals surface area contributed by atoms with Crippen molar-refractivity contribution in [1.29, 1.82) is 0 Å². The van der Waals surface area contributed by atoms with Gasteiger partial charge in [-0.3, -0.25) is 9.89 Å². The van der Waals surface area contributed by atoms with Crippen LogP contribution in [-0.2, 0) is 0 Å². The van der Waals surface area contributed by atoms with Gasteiger partial charge in [-0.15, -0.1) is 0 Å². The van der Waals surface area contributed by atoms with Crippen LogP contribution in [0.1, 0.15) is 86.7 Å². The Morgan fingerprint density at radius 1 is 1.28 bits per heavy atom. The molecular formula is C20H31N3O2. The van der Waals surface area contributed by atoms with Crippen LogP contribution in [-0.4, -0.2) is 44.8 Å².